The SMILES string of the molecule is CC(C)(O)c1ccc2[nH]ccc2c1. The maximum atomic E-state index is 9.78. The van der Waals surface area contributed by atoms with Crippen LogP contribution in [0.2, 0.25) is 0 Å². The van der Waals surface area contributed by atoms with Gasteiger partial charge in [0.25, 0.3) is 0 Å². The van der Waals surface area contributed by atoms with E-state index < -0.39 is 5.60 Å². The topological polar surface area (TPSA) is 36.0 Å². The minimum Gasteiger partial charge on any atom is -0.386 e. The predicted octanol–water partition coefficient (Wildman–Crippen LogP) is 2.40. The van der Waals surface area contributed by atoms with Crippen molar-refractivity contribution in [3.63, 3.8) is 0 Å². The molecule has 0 radical (unpaired) electrons. The van der Waals surface area contributed by atoms with Crippen molar-refractivity contribution in [2.45, 2.75) is 19.4 Å². The molecule has 1 heterocycles. The summed E-state index contributed by atoms with van der Waals surface area (Å²) in [7, 11) is 0. The molecule has 2 aromatic rings. The van der Waals surface area contributed by atoms with Gasteiger partial charge in [-0.25, -0.2) is 0 Å². The summed E-state index contributed by atoms with van der Waals surface area (Å²) in [6, 6.07) is 7.94. The second kappa shape index (κ2) is 2.60. The molecule has 0 aliphatic rings. The lowest BCUT2D eigenvalue weighted by Crippen LogP contribution is -2.14. The van der Waals surface area contributed by atoms with Crippen LogP contribution in [-0.2, 0) is 5.60 Å². The molecular formula is C11H13NO. The molecule has 2 heteroatoms. The van der Waals surface area contributed by atoms with Crippen LogP contribution >= 0.6 is 0 Å². The van der Waals surface area contributed by atoms with E-state index in [4.69, 9.17) is 0 Å². The van der Waals surface area contributed by atoms with Gasteiger partial charge in [0.1, 0.15) is 0 Å². The van der Waals surface area contributed by atoms with Crippen molar-refractivity contribution in [3.8, 4) is 0 Å². The van der Waals surface area contributed by atoms with E-state index >= 15 is 0 Å². The molecule has 0 amide bonds. The van der Waals surface area contributed by atoms with Gasteiger partial charge < -0.3 is 10.1 Å². The molecule has 68 valence electrons. The molecular weight excluding hydrogens is 162 g/mol. The largest absolute Gasteiger partial charge is 0.386 e. The Hall–Kier alpha value is -1.28. The number of hydrogen-bond acceptors (Lipinski definition) is 1. The summed E-state index contributed by atoms with van der Waals surface area (Å²) in [4.78, 5) is 3.12. The first kappa shape index (κ1) is 8.32. The van der Waals surface area contributed by atoms with Crippen molar-refractivity contribution in [1.29, 1.82) is 0 Å². The van der Waals surface area contributed by atoms with Crippen molar-refractivity contribution in [3.05, 3.63) is 36.0 Å². The average Bonchev–Trinajstić information content (AvgIpc) is 2.47. The molecule has 13 heavy (non-hydrogen) atoms. The van der Waals surface area contributed by atoms with Gasteiger partial charge in [-0.05, 0) is 43.0 Å². The first-order chi connectivity index (χ1) is 6.07. The van der Waals surface area contributed by atoms with Crippen LogP contribution in [0, 0.1) is 0 Å². The Labute approximate surface area is 77.2 Å². The number of nitrogens with one attached hydrogen (secondary N) is 1. The third kappa shape index (κ3) is 1.45. The third-order valence-electron chi connectivity index (χ3n) is 2.26. The van der Waals surface area contributed by atoms with Crippen LogP contribution in [-0.4, -0.2) is 10.1 Å². The molecule has 2 nitrogen and oxygen atoms in total. The van der Waals surface area contributed by atoms with E-state index in [9.17, 15) is 5.11 Å². The number of rotatable bonds is 1. The zero-order valence-corrected chi connectivity index (χ0v) is 7.83. The lowest BCUT2D eigenvalue weighted by molar-refractivity contribution is 0.0787. The number of benzene rings is 1. The molecule has 0 fully saturated rings. The normalized spacial score (nSPS) is 12.2. The van der Waals surface area contributed by atoms with E-state index in [0.29, 0.717) is 0 Å². The molecule has 0 atom stereocenters. The standard InChI is InChI=1S/C11H13NO/c1-11(2,13)9-3-4-10-8(7-9)5-6-12-10/h3-7,12-13H,1-2H3. The monoisotopic (exact) mass is 175 g/mol. The highest BCUT2D eigenvalue weighted by molar-refractivity contribution is 5.80. The molecule has 0 aliphatic heterocycles. The summed E-state index contributed by atoms with van der Waals surface area (Å²) < 4.78 is 0. The van der Waals surface area contributed by atoms with E-state index in [-0.39, 0.29) is 0 Å². The predicted molar refractivity (Wildman–Crippen MR) is 53.5 cm³/mol. The van der Waals surface area contributed by atoms with Crippen molar-refractivity contribution in [1.82, 2.24) is 4.98 Å². The van der Waals surface area contributed by atoms with Gasteiger partial charge in [0, 0.05) is 11.7 Å². The smallest absolute Gasteiger partial charge is 0.0840 e. The fraction of sp³-hybridized carbons (Fsp3) is 0.273. The average molecular weight is 175 g/mol. The van der Waals surface area contributed by atoms with E-state index in [0.717, 1.165) is 16.5 Å². The maximum absolute atomic E-state index is 9.78. The fourth-order valence-electron chi connectivity index (χ4n) is 1.43. The van der Waals surface area contributed by atoms with E-state index in [1.165, 1.54) is 0 Å². The fourth-order valence-corrected chi connectivity index (χ4v) is 1.43. The van der Waals surface area contributed by atoms with Gasteiger partial charge in [-0.1, -0.05) is 6.07 Å². The number of aromatic amines is 1. The number of aliphatic hydroxyl groups is 1. The Kier molecular flexibility index (Phi) is 1.67. The molecule has 0 saturated heterocycles. The van der Waals surface area contributed by atoms with Gasteiger partial charge in [0.2, 0.25) is 0 Å². The molecule has 2 rings (SSSR count). The molecule has 0 spiro atoms. The lowest BCUT2D eigenvalue weighted by atomic mass is 9.97. The Morgan fingerprint density at radius 2 is 2.00 bits per heavy atom. The van der Waals surface area contributed by atoms with Crippen LogP contribution in [0.5, 0.6) is 0 Å². The van der Waals surface area contributed by atoms with Crippen LogP contribution in [0.4, 0.5) is 0 Å². The Balaban J connectivity index is 2.61. The Morgan fingerprint density at radius 1 is 1.23 bits per heavy atom. The number of H-pyrrole nitrogens is 1. The Bertz CT molecular complexity index is 423. The summed E-state index contributed by atoms with van der Waals surface area (Å²) >= 11 is 0. The quantitative estimate of drug-likeness (QED) is 0.686. The van der Waals surface area contributed by atoms with Crippen LogP contribution in [0.3, 0.4) is 0 Å². The van der Waals surface area contributed by atoms with Gasteiger partial charge in [0.05, 0.1) is 5.60 Å². The first-order valence-electron chi connectivity index (χ1n) is 4.37. The number of hydrogen-bond donors (Lipinski definition) is 2. The van der Waals surface area contributed by atoms with Gasteiger partial charge in [-0.3, -0.25) is 0 Å². The van der Waals surface area contributed by atoms with Crippen molar-refractivity contribution < 1.29 is 5.11 Å². The summed E-state index contributed by atoms with van der Waals surface area (Å²) in [6.45, 7) is 3.58. The molecule has 0 aliphatic carbocycles. The van der Waals surface area contributed by atoms with Crippen LogP contribution in [0.15, 0.2) is 30.5 Å². The minimum absolute atomic E-state index is 0.758. The zero-order chi connectivity index (χ0) is 9.47. The van der Waals surface area contributed by atoms with E-state index in [1.807, 2.05) is 30.5 Å². The number of aromatic nitrogens is 1. The second-order valence-corrected chi connectivity index (χ2v) is 3.84. The van der Waals surface area contributed by atoms with Crippen LogP contribution in [0.1, 0.15) is 19.4 Å². The summed E-state index contributed by atoms with van der Waals surface area (Å²) in [5.74, 6) is 0. The van der Waals surface area contributed by atoms with Crippen LogP contribution in [0.25, 0.3) is 10.9 Å². The van der Waals surface area contributed by atoms with Crippen LogP contribution < -0.4 is 0 Å². The lowest BCUT2D eigenvalue weighted by Gasteiger charge is -2.17. The highest BCUT2D eigenvalue weighted by Gasteiger charge is 2.15. The molecule has 1 aromatic heterocycles. The third-order valence-corrected chi connectivity index (χ3v) is 2.26. The first-order valence-corrected chi connectivity index (χ1v) is 4.37. The van der Waals surface area contributed by atoms with E-state index in [2.05, 4.69) is 4.98 Å². The summed E-state index contributed by atoms with van der Waals surface area (Å²) in [6.07, 6.45) is 1.90. The maximum Gasteiger partial charge on any atom is 0.0840 e. The van der Waals surface area contributed by atoms with Gasteiger partial charge in [-0.15, -0.1) is 0 Å². The van der Waals surface area contributed by atoms with Gasteiger partial charge in [0.15, 0.2) is 0 Å². The van der Waals surface area contributed by atoms with Gasteiger partial charge in [-0.2, -0.15) is 0 Å². The number of fused-ring (bicyclic) bond motifs is 1. The molecule has 0 bridgehead atoms. The van der Waals surface area contributed by atoms with E-state index in [1.54, 1.807) is 13.8 Å². The summed E-state index contributed by atoms with van der Waals surface area (Å²) in [5.41, 5.74) is 1.29. The van der Waals surface area contributed by atoms with Crippen molar-refractivity contribution in [2.75, 3.05) is 0 Å². The van der Waals surface area contributed by atoms with Gasteiger partial charge >= 0.3 is 0 Å². The highest BCUT2D eigenvalue weighted by Crippen LogP contribution is 2.23. The molecule has 1 aromatic carbocycles. The minimum atomic E-state index is -0.758. The molecule has 0 unspecified atom stereocenters. The Morgan fingerprint density at radius 3 is 2.69 bits per heavy atom. The molecule has 2 N–H and O–H groups in total. The summed E-state index contributed by atoms with van der Waals surface area (Å²) in [5, 5.41) is 10.9. The van der Waals surface area contributed by atoms with Crippen molar-refractivity contribution in [2.24, 2.45) is 0 Å². The molecule has 0 saturated carbocycles. The highest BCUT2D eigenvalue weighted by atomic mass is 16.3. The van der Waals surface area contributed by atoms with Crippen molar-refractivity contribution >= 4 is 10.9 Å². The second-order valence-electron chi connectivity index (χ2n) is 3.84. The zero-order valence-electron chi connectivity index (χ0n) is 7.83.